The molecule has 0 bridgehead atoms. The number of rotatable bonds is 4. The largest absolute Gasteiger partial charge is 0.455 e. The molecule has 0 spiro atoms. The van der Waals surface area contributed by atoms with Gasteiger partial charge in [0, 0.05) is 12.4 Å². The lowest BCUT2D eigenvalue weighted by molar-refractivity contribution is 0.0641. The Labute approximate surface area is 154 Å². The summed E-state index contributed by atoms with van der Waals surface area (Å²) in [5.41, 5.74) is 1.35. The number of aromatic nitrogens is 1. The van der Waals surface area contributed by atoms with E-state index in [4.69, 9.17) is 16.3 Å². The van der Waals surface area contributed by atoms with Crippen molar-refractivity contribution in [3.8, 4) is 11.5 Å². The van der Waals surface area contributed by atoms with Gasteiger partial charge in [-0.25, -0.2) is 0 Å². The monoisotopic (exact) mass is 364 g/mol. The van der Waals surface area contributed by atoms with Crippen LogP contribution in [0.3, 0.4) is 0 Å². The Morgan fingerprint density at radius 2 is 1.73 bits per heavy atom. The third-order valence-corrected chi connectivity index (χ3v) is 4.39. The first-order chi connectivity index (χ1) is 12.6. The molecule has 1 aliphatic heterocycles. The van der Waals surface area contributed by atoms with E-state index in [1.54, 1.807) is 60.9 Å². The second-order valence-electron chi connectivity index (χ2n) is 5.77. The van der Waals surface area contributed by atoms with E-state index < -0.39 is 5.91 Å². The fraction of sp³-hybridized carbons (Fsp3) is 0.0500. The third-order valence-electron chi connectivity index (χ3n) is 4.08. The quantitative estimate of drug-likeness (QED) is 0.647. The molecular formula is C20H13ClN2O3. The van der Waals surface area contributed by atoms with Gasteiger partial charge < -0.3 is 4.74 Å². The van der Waals surface area contributed by atoms with Crippen molar-refractivity contribution in [2.45, 2.75) is 6.54 Å². The number of imide groups is 1. The molecule has 2 aromatic carbocycles. The highest BCUT2D eigenvalue weighted by Gasteiger charge is 2.38. The van der Waals surface area contributed by atoms with Crippen LogP contribution in [0.25, 0.3) is 0 Å². The molecule has 1 aromatic heterocycles. The number of carbonyl (C=O) groups is 2. The number of fused-ring (bicyclic) bond motifs is 1. The molecular weight excluding hydrogens is 352 g/mol. The average Bonchev–Trinajstić information content (AvgIpc) is 2.90. The highest BCUT2D eigenvalue weighted by Crippen LogP contribution is 2.36. The van der Waals surface area contributed by atoms with Gasteiger partial charge in [0.1, 0.15) is 11.5 Å². The maximum Gasteiger partial charge on any atom is 0.265 e. The maximum absolute atomic E-state index is 12.9. The van der Waals surface area contributed by atoms with Gasteiger partial charge in [-0.3, -0.25) is 19.5 Å². The molecule has 4 rings (SSSR count). The van der Waals surface area contributed by atoms with Crippen molar-refractivity contribution in [2.24, 2.45) is 0 Å². The van der Waals surface area contributed by atoms with Gasteiger partial charge in [-0.2, -0.15) is 0 Å². The molecule has 2 amide bonds. The normalized spacial score (nSPS) is 13.0. The first kappa shape index (κ1) is 16.3. The summed E-state index contributed by atoms with van der Waals surface area (Å²) in [6.45, 7) is 0.158. The summed E-state index contributed by atoms with van der Waals surface area (Å²) in [6.07, 6.45) is 3.27. The van der Waals surface area contributed by atoms with Crippen molar-refractivity contribution in [2.75, 3.05) is 0 Å². The van der Waals surface area contributed by atoms with Crippen molar-refractivity contribution in [3.05, 3.63) is 88.7 Å². The molecule has 0 radical (unpaired) electrons. The lowest BCUT2D eigenvalue weighted by Crippen LogP contribution is -2.29. The van der Waals surface area contributed by atoms with E-state index in [1.807, 2.05) is 6.07 Å². The second kappa shape index (κ2) is 6.61. The van der Waals surface area contributed by atoms with E-state index in [0.29, 0.717) is 22.1 Å². The Kier molecular flexibility index (Phi) is 4.14. The number of hydrogen-bond acceptors (Lipinski definition) is 4. The SMILES string of the molecule is O=C1c2cccc(Oc3ccccc3Cl)c2C(=O)N1Cc1cccnc1. The first-order valence-corrected chi connectivity index (χ1v) is 8.33. The van der Waals surface area contributed by atoms with E-state index in [-0.39, 0.29) is 18.0 Å². The Bertz CT molecular complexity index is 1000. The molecule has 0 aliphatic carbocycles. The van der Waals surface area contributed by atoms with Gasteiger partial charge >= 0.3 is 0 Å². The predicted octanol–water partition coefficient (Wildman–Crippen LogP) is 4.32. The van der Waals surface area contributed by atoms with Crippen LogP contribution in [0, 0.1) is 0 Å². The third kappa shape index (κ3) is 2.82. The van der Waals surface area contributed by atoms with E-state index >= 15 is 0 Å². The molecule has 1 aliphatic rings. The molecule has 3 aromatic rings. The number of carbonyl (C=O) groups excluding carboxylic acids is 2. The second-order valence-corrected chi connectivity index (χ2v) is 6.18. The molecule has 0 saturated carbocycles. The van der Waals surface area contributed by atoms with Crippen molar-refractivity contribution >= 4 is 23.4 Å². The van der Waals surface area contributed by atoms with E-state index in [0.717, 1.165) is 5.56 Å². The molecule has 0 N–H and O–H groups in total. The minimum atomic E-state index is -0.392. The zero-order valence-electron chi connectivity index (χ0n) is 13.6. The van der Waals surface area contributed by atoms with Gasteiger partial charge in [-0.05, 0) is 35.9 Å². The molecule has 0 unspecified atom stereocenters. The molecule has 26 heavy (non-hydrogen) atoms. The summed E-state index contributed by atoms with van der Waals surface area (Å²) in [5.74, 6) is -0.00821. The number of para-hydroxylation sites is 1. The molecule has 128 valence electrons. The van der Waals surface area contributed by atoms with Crippen LogP contribution < -0.4 is 4.74 Å². The Balaban J connectivity index is 1.69. The zero-order valence-corrected chi connectivity index (χ0v) is 14.3. The summed E-state index contributed by atoms with van der Waals surface area (Å²) >= 11 is 6.13. The average molecular weight is 365 g/mol. The van der Waals surface area contributed by atoms with Crippen LogP contribution >= 0.6 is 11.6 Å². The fourth-order valence-electron chi connectivity index (χ4n) is 2.85. The summed E-state index contributed by atoms with van der Waals surface area (Å²) in [7, 11) is 0. The lowest BCUT2D eigenvalue weighted by atomic mass is 10.1. The number of ether oxygens (including phenoxy) is 1. The van der Waals surface area contributed by atoms with Crippen molar-refractivity contribution < 1.29 is 14.3 Å². The number of halogens is 1. The maximum atomic E-state index is 12.9. The van der Waals surface area contributed by atoms with Crippen LogP contribution in [0.5, 0.6) is 11.5 Å². The number of benzene rings is 2. The van der Waals surface area contributed by atoms with Gasteiger partial charge in [0.15, 0.2) is 0 Å². The van der Waals surface area contributed by atoms with E-state index in [2.05, 4.69) is 4.98 Å². The Morgan fingerprint density at radius 1 is 0.923 bits per heavy atom. The van der Waals surface area contributed by atoms with Crippen LogP contribution in [-0.4, -0.2) is 21.7 Å². The lowest BCUT2D eigenvalue weighted by Gasteiger charge is -2.14. The summed E-state index contributed by atoms with van der Waals surface area (Å²) in [4.78, 5) is 30.8. The van der Waals surface area contributed by atoms with Crippen LogP contribution in [0.15, 0.2) is 67.0 Å². The van der Waals surface area contributed by atoms with Crippen molar-refractivity contribution in [3.63, 3.8) is 0 Å². The molecule has 2 heterocycles. The molecule has 0 saturated heterocycles. The zero-order chi connectivity index (χ0) is 18.1. The van der Waals surface area contributed by atoms with Crippen LogP contribution in [0.2, 0.25) is 5.02 Å². The first-order valence-electron chi connectivity index (χ1n) is 7.95. The van der Waals surface area contributed by atoms with E-state index in [1.165, 1.54) is 4.90 Å². The van der Waals surface area contributed by atoms with Crippen LogP contribution in [0.4, 0.5) is 0 Å². The Morgan fingerprint density at radius 3 is 2.50 bits per heavy atom. The van der Waals surface area contributed by atoms with Gasteiger partial charge in [0.05, 0.1) is 22.7 Å². The number of hydrogen-bond donors (Lipinski definition) is 0. The van der Waals surface area contributed by atoms with Crippen LogP contribution in [-0.2, 0) is 6.54 Å². The smallest absolute Gasteiger partial charge is 0.265 e. The summed E-state index contributed by atoms with van der Waals surface area (Å²) < 4.78 is 5.83. The molecule has 0 atom stereocenters. The fourth-order valence-corrected chi connectivity index (χ4v) is 3.03. The summed E-state index contributed by atoms with van der Waals surface area (Å²) in [5, 5.41) is 0.425. The van der Waals surface area contributed by atoms with Crippen molar-refractivity contribution in [1.82, 2.24) is 9.88 Å². The van der Waals surface area contributed by atoms with E-state index in [9.17, 15) is 9.59 Å². The highest BCUT2D eigenvalue weighted by atomic mass is 35.5. The Hall–Kier alpha value is -3.18. The highest BCUT2D eigenvalue weighted by molar-refractivity contribution is 6.32. The topological polar surface area (TPSA) is 59.5 Å². The number of amides is 2. The number of nitrogens with zero attached hydrogens (tertiary/aromatic N) is 2. The van der Waals surface area contributed by atoms with Crippen molar-refractivity contribution in [1.29, 1.82) is 0 Å². The number of pyridine rings is 1. The minimum absolute atomic E-state index is 0.158. The predicted molar refractivity (Wildman–Crippen MR) is 96.4 cm³/mol. The van der Waals surface area contributed by atoms with Gasteiger partial charge in [-0.15, -0.1) is 0 Å². The molecule has 0 fully saturated rings. The van der Waals surface area contributed by atoms with Crippen LogP contribution in [0.1, 0.15) is 26.3 Å². The van der Waals surface area contributed by atoms with Gasteiger partial charge in [0.25, 0.3) is 11.8 Å². The minimum Gasteiger partial charge on any atom is -0.455 e. The standard InChI is InChI=1S/C20H13ClN2O3/c21-15-7-1-2-8-16(15)26-17-9-3-6-14-18(17)20(25)23(19(14)24)12-13-5-4-10-22-11-13/h1-11H,12H2. The van der Waals surface area contributed by atoms with Gasteiger partial charge in [-0.1, -0.05) is 35.9 Å². The molecule has 6 heteroatoms. The van der Waals surface area contributed by atoms with Gasteiger partial charge in [0.2, 0.25) is 0 Å². The summed E-state index contributed by atoms with van der Waals surface area (Å²) in [6, 6.07) is 15.5. The molecule has 5 nitrogen and oxygen atoms in total.